The quantitative estimate of drug-likeness (QED) is 0.568. The van der Waals surface area contributed by atoms with Gasteiger partial charge >= 0.3 is 11.9 Å². The summed E-state index contributed by atoms with van der Waals surface area (Å²) in [7, 11) is 0. The Balaban J connectivity index is 2.56. The van der Waals surface area contributed by atoms with Crippen molar-refractivity contribution in [2.75, 3.05) is 13.2 Å². The second kappa shape index (κ2) is 7.97. The lowest BCUT2D eigenvalue weighted by molar-refractivity contribution is -0.172. The van der Waals surface area contributed by atoms with E-state index in [2.05, 4.69) is 15.9 Å². The Morgan fingerprint density at radius 1 is 1.28 bits per heavy atom. The molecule has 1 heterocycles. The molecule has 1 saturated carbocycles. The van der Waals surface area contributed by atoms with Gasteiger partial charge in [-0.25, -0.2) is 0 Å². The molecule has 8 heteroatoms. The maximum atomic E-state index is 12.6. The van der Waals surface area contributed by atoms with Crippen LogP contribution in [0.1, 0.15) is 38.0 Å². The van der Waals surface area contributed by atoms with Crippen LogP contribution in [-0.4, -0.2) is 41.6 Å². The third-order valence-corrected chi connectivity index (χ3v) is 6.00. The summed E-state index contributed by atoms with van der Waals surface area (Å²) in [5.41, 5.74) is -1.60. The Morgan fingerprint density at radius 2 is 1.88 bits per heavy atom. The van der Waals surface area contributed by atoms with E-state index in [1.807, 2.05) is 0 Å². The number of ether oxygens (including phenoxy) is 2. The topological polar surface area (TPSA) is 89.9 Å². The van der Waals surface area contributed by atoms with Crippen LogP contribution in [0.3, 0.4) is 0 Å². The molecule has 0 aromatic carbocycles. The predicted octanol–water partition coefficient (Wildman–Crippen LogP) is 2.68. The molecule has 0 radical (unpaired) electrons. The summed E-state index contributed by atoms with van der Waals surface area (Å²) < 4.78 is 11.0. The van der Waals surface area contributed by atoms with Gasteiger partial charge in [-0.1, -0.05) is 0 Å². The Kier molecular flexibility index (Phi) is 6.40. The van der Waals surface area contributed by atoms with Crippen LogP contribution in [0.15, 0.2) is 15.9 Å². The van der Waals surface area contributed by atoms with E-state index in [0.717, 1.165) is 3.79 Å². The predicted molar refractivity (Wildman–Crippen MR) is 95.3 cm³/mol. The zero-order valence-electron chi connectivity index (χ0n) is 14.3. The fraction of sp³-hybridized carbons (Fsp3) is 0.588. The highest BCUT2D eigenvalue weighted by molar-refractivity contribution is 9.11. The molecular weight excluding hydrogens is 412 g/mol. The number of hydrogen-bond acceptors (Lipinski definition) is 7. The van der Waals surface area contributed by atoms with Crippen LogP contribution in [0.4, 0.5) is 0 Å². The zero-order chi connectivity index (χ0) is 18.8. The molecule has 138 valence electrons. The first-order chi connectivity index (χ1) is 11.7. The normalized spacial score (nSPS) is 29.3. The van der Waals surface area contributed by atoms with Crippen LogP contribution in [0.5, 0.6) is 0 Å². The minimum atomic E-state index is -1.60. The third-order valence-electron chi connectivity index (χ3n) is 4.27. The lowest BCUT2D eigenvalue weighted by atomic mass is 9.63. The maximum Gasteiger partial charge on any atom is 0.317 e. The monoisotopic (exact) mass is 432 g/mol. The largest absolute Gasteiger partial charge is 0.466 e. The molecule has 0 spiro atoms. The number of Topliss-reactive ketones (excluding diaryl/α,β-unsaturated/α-hetero) is 1. The maximum absolute atomic E-state index is 12.6. The van der Waals surface area contributed by atoms with E-state index >= 15 is 0 Å². The smallest absolute Gasteiger partial charge is 0.317 e. The van der Waals surface area contributed by atoms with Crippen LogP contribution in [0.2, 0.25) is 0 Å². The first-order valence-corrected chi connectivity index (χ1v) is 9.67. The van der Waals surface area contributed by atoms with E-state index in [4.69, 9.17) is 9.47 Å². The average molecular weight is 433 g/mol. The molecular formula is C17H21BrO6S. The number of hydrogen-bond donors (Lipinski definition) is 1. The number of rotatable bonds is 5. The second-order valence-electron chi connectivity index (χ2n) is 6.13. The van der Waals surface area contributed by atoms with Crippen molar-refractivity contribution in [3.05, 3.63) is 20.8 Å². The van der Waals surface area contributed by atoms with Crippen molar-refractivity contribution in [1.29, 1.82) is 0 Å². The molecule has 0 bridgehead atoms. The van der Waals surface area contributed by atoms with Crippen molar-refractivity contribution in [1.82, 2.24) is 0 Å². The number of ketones is 1. The van der Waals surface area contributed by atoms with Gasteiger partial charge in [-0.15, -0.1) is 11.3 Å². The molecule has 0 amide bonds. The van der Waals surface area contributed by atoms with Gasteiger partial charge in [0.2, 0.25) is 0 Å². The van der Waals surface area contributed by atoms with Gasteiger partial charge in [0.15, 0.2) is 5.78 Å². The minimum absolute atomic E-state index is 0.129. The van der Waals surface area contributed by atoms with Crippen LogP contribution >= 0.6 is 27.3 Å². The Morgan fingerprint density at radius 3 is 2.40 bits per heavy atom. The summed E-state index contributed by atoms with van der Waals surface area (Å²) in [6.45, 7) is 5.03. The highest BCUT2D eigenvalue weighted by Gasteiger charge is 2.57. The zero-order valence-corrected chi connectivity index (χ0v) is 16.7. The summed E-state index contributed by atoms with van der Waals surface area (Å²) in [6, 6.07) is 3.52. The number of halogens is 1. The van der Waals surface area contributed by atoms with Crippen LogP contribution in [0, 0.1) is 11.8 Å². The van der Waals surface area contributed by atoms with Gasteiger partial charge in [0.1, 0.15) is 5.92 Å². The van der Waals surface area contributed by atoms with E-state index in [1.54, 1.807) is 26.0 Å². The molecule has 25 heavy (non-hydrogen) atoms. The van der Waals surface area contributed by atoms with Gasteiger partial charge in [-0.05, 0) is 48.8 Å². The molecule has 1 fully saturated rings. The fourth-order valence-corrected chi connectivity index (χ4v) is 4.93. The standard InChI is InChI=1S/C17H21BrO6S/c1-4-23-15(20)12-9(19)8-17(3,22)14(16(21)24-5-2)13(12)10-6-7-11(18)25-10/h6-7,12-14,22H,4-5,8H2,1-3H3/t12-,13-,14+,17+/m1/s1. The molecule has 6 nitrogen and oxygen atoms in total. The van der Waals surface area contributed by atoms with E-state index in [-0.39, 0.29) is 19.6 Å². The molecule has 1 aliphatic carbocycles. The Labute approximate surface area is 158 Å². The molecule has 0 aliphatic heterocycles. The van der Waals surface area contributed by atoms with E-state index in [9.17, 15) is 19.5 Å². The Bertz CT molecular complexity index is 668. The molecule has 2 rings (SSSR count). The SMILES string of the molecule is CCOC(=O)[C@@H]1C(=O)C[C@](C)(O)[C@H](C(=O)OCC)[C@@H]1c1ccc(Br)s1. The Hall–Kier alpha value is -1.25. The van der Waals surface area contributed by atoms with Crippen molar-refractivity contribution in [2.45, 2.75) is 38.7 Å². The number of carbonyl (C=O) groups excluding carboxylic acids is 3. The highest BCUT2D eigenvalue weighted by Crippen LogP contribution is 2.48. The van der Waals surface area contributed by atoms with Gasteiger partial charge in [0, 0.05) is 17.2 Å². The molecule has 1 N–H and O–H groups in total. The number of carbonyl (C=O) groups is 3. The van der Waals surface area contributed by atoms with Gasteiger partial charge in [0.25, 0.3) is 0 Å². The van der Waals surface area contributed by atoms with Crippen LogP contribution in [-0.2, 0) is 23.9 Å². The molecule has 1 aromatic heterocycles. The summed E-state index contributed by atoms with van der Waals surface area (Å²) in [5, 5.41) is 10.8. The molecule has 4 atom stereocenters. The molecule has 0 saturated heterocycles. The second-order valence-corrected chi connectivity index (χ2v) is 8.62. The van der Waals surface area contributed by atoms with Gasteiger partial charge in [-0.3, -0.25) is 14.4 Å². The summed E-state index contributed by atoms with van der Waals surface area (Å²) in [4.78, 5) is 38.3. The van der Waals surface area contributed by atoms with Crippen molar-refractivity contribution in [3.8, 4) is 0 Å². The highest BCUT2D eigenvalue weighted by atomic mass is 79.9. The van der Waals surface area contributed by atoms with E-state index in [0.29, 0.717) is 4.88 Å². The average Bonchev–Trinajstić information content (AvgIpc) is 2.92. The fourth-order valence-electron chi connectivity index (χ4n) is 3.33. The van der Waals surface area contributed by atoms with Crippen molar-refractivity contribution in [2.24, 2.45) is 11.8 Å². The van der Waals surface area contributed by atoms with Crippen molar-refractivity contribution in [3.63, 3.8) is 0 Å². The molecule has 0 unspecified atom stereocenters. The third kappa shape index (κ3) is 4.12. The van der Waals surface area contributed by atoms with Crippen molar-refractivity contribution < 1.29 is 29.0 Å². The summed E-state index contributed by atoms with van der Waals surface area (Å²) in [6.07, 6.45) is -0.303. The van der Waals surface area contributed by atoms with E-state index < -0.39 is 41.1 Å². The summed E-state index contributed by atoms with van der Waals surface area (Å²) >= 11 is 4.67. The first kappa shape index (κ1) is 20.1. The van der Waals surface area contributed by atoms with Gasteiger partial charge in [-0.2, -0.15) is 0 Å². The van der Waals surface area contributed by atoms with Gasteiger partial charge < -0.3 is 14.6 Å². The van der Waals surface area contributed by atoms with Gasteiger partial charge in [0.05, 0.1) is 28.5 Å². The number of thiophene rings is 1. The minimum Gasteiger partial charge on any atom is -0.466 e. The molecule has 1 aliphatic rings. The van der Waals surface area contributed by atoms with Crippen LogP contribution in [0.25, 0.3) is 0 Å². The lowest BCUT2D eigenvalue weighted by Gasteiger charge is -2.43. The van der Waals surface area contributed by atoms with E-state index in [1.165, 1.54) is 18.3 Å². The number of esters is 2. The first-order valence-electron chi connectivity index (χ1n) is 8.06. The molecule has 1 aromatic rings. The lowest BCUT2D eigenvalue weighted by Crippen LogP contribution is -2.55. The number of aliphatic hydroxyl groups is 1. The van der Waals surface area contributed by atoms with Crippen molar-refractivity contribution >= 4 is 45.0 Å². The summed E-state index contributed by atoms with van der Waals surface area (Å²) in [5.74, 6) is -4.73. The van der Waals surface area contributed by atoms with Crippen LogP contribution < -0.4 is 0 Å².